The summed E-state index contributed by atoms with van der Waals surface area (Å²) in [6.45, 7) is 3.03. The van der Waals surface area contributed by atoms with E-state index in [9.17, 15) is 0 Å². The van der Waals surface area contributed by atoms with Crippen LogP contribution >= 0.6 is 11.3 Å². The highest BCUT2D eigenvalue weighted by Crippen LogP contribution is 2.33. The summed E-state index contributed by atoms with van der Waals surface area (Å²) in [4.78, 5) is 0.957. The number of hydrogen-bond acceptors (Lipinski definition) is 5. The lowest BCUT2D eigenvalue weighted by molar-refractivity contribution is 0.442. The fourth-order valence-corrected chi connectivity index (χ4v) is 4.18. The Morgan fingerprint density at radius 2 is 2.10 bits per heavy atom. The fourth-order valence-electron chi connectivity index (χ4n) is 3.33. The number of rotatable bonds is 7. The van der Waals surface area contributed by atoms with Crippen molar-refractivity contribution in [1.82, 2.24) is 19.8 Å². The third-order valence-electron chi connectivity index (χ3n) is 4.70. The lowest BCUT2D eigenvalue weighted by Crippen LogP contribution is -2.09. The maximum Gasteiger partial charge on any atom is 0.234 e. The number of fused-ring (bicyclic) bond motifs is 1. The molecule has 2 heterocycles. The molecule has 1 aliphatic rings. The standard InChI is InChI=1S/C15H25N5S/c1-2-11(9-10-16)7-8-13-19-20-14(12-5-3-4-6-12)17-18-15(20)21-13/h11-12H,2-10,16H2,1H3. The summed E-state index contributed by atoms with van der Waals surface area (Å²) < 4.78 is 2.00. The first-order valence-electron chi connectivity index (χ1n) is 8.23. The van der Waals surface area contributed by atoms with E-state index in [0.29, 0.717) is 5.92 Å². The van der Waals surface area contributed by atoms with Gasteiger partial charge in [-0.15, -0.1) is 10.2 Å². The fraction of sp³-hybridized carbons (Fsp3) is 0.800. The Labute approximate surface area is 129 Å². The average Bonchev–Trinajstić information content (AvgIpc) is 3.18. The molecular formula is C15H25N5S. The first-order valence-corrected chi connectivity index (χ1v) is 9.04. The van der Waals surface area contributed by atoms with Gasteiger partial charge in [0.25, 0.3) is 0 Å². The van der Waals surface area contributed by atoms with E-state index in [0.717, 1.165) is 36.1 Å². The summed E-state index contributed by atoms with van der Waals surface area (Å²) in [6.07, 6.45) is 9.64. The number of aromatic nitrogens is 4. The molecule has 0 aromatic carbocycles. The summed E-state index contributed by atoms with van der Waals surface area (Å²) in [5.74, 6) is 2.37. The van der Waals surface area contributed by atoms with Crippen molar-refractivity contribution in [3.05, 3.63) is 10.8 Å². The first-order chi connectivity index (χ1) is 10.3. The van der Waals surface area contributed by atoms with Crippen LogP contribution in [-0.4, -0.2) is 26.4 Å². The van der Waals surface area contributed by atoms with Crippen molar-refractivity contribution >= 4 is 16.3 Å². The normalized spacial score (nSPS) is 17.8. The third kappa shape index (κ3) is 3.26. The average molecular weight is 307 g/mol. The second-order valence-corrected chi connectivity index (χ2v) is 7.16. The van der Waals surface area contributed by atoms with E-state index in [1.807, 2.05) is 4.52 Å². The summed E-state index contributed by atoms with van der Waals surface area (Å²) in [5, 5.41) is 14.6. The van der Waals surface area contributed by atoms with E-state index < -0.39 is 0 Å². The van der Waals surface area contributed by atoms with E-state index in [1.165, 1.54) is 43.5 Å². The summed E-state index contributed by atoms with van der Waals surface area (Å²) in [6, 6.07) is 0. The van der Waals surface area contributed by atoms with Crippen LogP contribution in [0, 0.1) is 5.92 Å². The zero-order chi connectivity index (χ0) is 14.7. The molecule has 0 bridgehead atoms. The van der Waals surface area contributed by atoms with Crippen LogP contribution in [0.15, 0.2) is 0 Å². The quantitative estimate of drug-likeness (QED) is 0.853. The molecule has 0 amide bonds. The molecule has 116 valence electrons. The molecule has 2 N–H and O–H groups in total. The van der Waals surface area contributed by atoms with Gasteiger partial charge in [-0.05, 0) is 38.1 Å². The summed E-state index contributed by atoms with van der Waals surface area (Å²) in [5.41, 5.74) is 5.67. The van der Waals surface area contributed by atoms with Crippen LogP contribution in [0.1, 0.15) is 68.6 Å². The first kappa shape index (κ1) is 14.9. The minimum atomic E-state index is 0.565. The third-order valence-corrected chi connectivity index (χ3v) is 5.65. The van der Waals surface area contributed by atoms with Crippen molar-refractivity contribution in [3.8, 4) is 0 Å². The number of nitrogens with two attached hydrogens (primary N) is 1. The Morgan fingerprint density at radius 1 is 1.29 bits per heavy atom. The van der Waals surface area contributed by atoms with Gasteiger partial charge in [-0.2, -0.15) is 9.61 Å². The van der Waals surface area contributed by atoms with Gasteiger partial charge in [0.1, 0.15) is 5.01 Å². The van der Waals surface area contributed by atoms with Crippen LogP contribution in [0.2, 0.25) is 0 Å². The highest BCUT2D eigenvalue weighted by molar-refractivity contribution is 7.16. The number of aryl methyl sites for hydroxylation is 1. The SMILES string of the molecule is CCC(CCN)CCc1nn2c(C3CCCC3)nnc2s1. The maximum atomic E-state index is 5.67. The zero-order valence-corrected chi connectivity index (χ0v) is 13.6. The second kappa shape index (κ2) is 6.83. The molecule has 3 rings (SSSR count). The van der Waals surface area contributed by atoms with E-state index in [2.05, 4.69) is 17.1 Å². The van der Waals surface area contributed by atoms with Crippen molar-refractivity contribution in [3.63, 3.8) is 0 Å². The molecule has 1 atom stereocenters. The Kier molecular flexibility index (Phi) is 4.85. The zero-order valence-electron chi connectivity index (χ0n) is 12.8. The van der Waals surface area contributed by atoms with E-state index in [1.54, 1.807) is 11.3 Å². The topological polar surface area (TPSA) is 69.1 Å². The molecule has 2 aromatic rings. The van der Waals surface area contributed by atoms with Gasteiger partial charge in [-0.1, -0.05) is 37.5 Å². The van der Waals surface area contributed by atoms with Crippen molar-refractivity contribution in [2.75, 3.05) is 6.54 Å². The van der Waals surface area contributed by atoms with Crippen LogP contribution in [0.3, 0.4) is 0 Å². The van der Waals surface area contributed by atoms with Crippen LogP contribution < -0.4 is 5.73 Å². The van der Waals surface area contributed by atoms with Gasteiger partial charge in [0.05, 0.1) is 0 Å². The van der Waals surface area contributed by atoms with Crippen molar-refractivity contribution in [1.29, 1.82) is 0 Å². The van der Waals surface area contributed by atoms with Crippen LogP contribution in [0.25, 0.3) is 4.96 Å². The van der Waals surface area contributed by atoms with Crippen LogP contribution in [0.4, 0.5) is 0 Å². The number of hydrogen-bond donors (Lipinski definition) is 1. The largest absolute Gasteiger partial charge is 0.330 e. The monoisotopic (exact) mass is 307 g/mol. The van der Waals surface area contributed by atoms with E-state index in [4.69, 9.17) is 10.8 Å². The molecule has 0 aliphatic heterocycles. The highest BCUT2D eigenvalue weighted by atomic mass is 32.1. The maximum absolute atomic E-state index is 5.67. The molecule has 2 aromatic heterocycles. The van der Waals surface area contributed by atoms with E-state index in [-0.39, 0.29) is 0 Å². The van der Waals surface area contributed by atoms with Crippen LogP contribution in [0.5, 0.6) is 0 Å². The van der Waals surface area contributed by atoms with Gasteiger partial charge in [0.2, 0.25) is 4.96 Å². The minimum absolute atomic E-state index is 0.565. The predicted octanol–water partition coefficient (Wildman–Crippen LogP) is 3.15. The van der Waals surface area contributed by atoms with Gasteiger partial charge in [-0.3, -0.25) is 0 Å². The van der Waals surface area contributed by atoms with Crippen LogP contribution in [-0.2, 0) is 6.42 Å². The molecule has 0 saturated heterocycles. The molecule has 0 radical (unpaired) electrons. The highest BCUT2D eigenvalue weighted by Gasteiger charge is 2.24. The van der Waals surface area contributed by atoms with E-state index >= 15 is 0 Å². The molecule has 5 nitrogen and oxygen atoms in total. The van der Waals surface area contributed by atoms with Gasteiger partial charge >= 0.3 is 0 Å². The molecule has 1 unspecified atom stereocenters. The molecule has 1 aliphatic carbocycles. The molecule has 6 heteroatoms. The summed E-state index contributed by atoms with van der Waals surface area (Å²) in [7, 11) is 0. The van der Waals surface area contributed by atoms with Gasteiger partial charge < -0.3 is 5.73 Å². The minimum Gasteiger partial charge on any atom is -0.330 e. The lowest BCUT2D eigenvalue weighted by atomic mass is 9.97. The Hall–Kier alpha value is -1.01. The molecule has 1 fully saturated rings. The van der Waals surface area contributed by atoms with Gasteiger partial charge in [-0.25, -0.2) is 0 Å². The summed E-state index contributed by atoms with van der Waals surface area (Å²) >= 11 is 1.69. The Bertz CT molecular complexity index is 570. The van der Waals surface area contributed by atoms with Crippen molar-refractivity contribution in [2.24, 2.45) is 11.7 Å². The Morgan fingerprint density at radius 3 is 2.81 bits per heavy atom. The predicted molar refractivity (Wildman–Crippen MR) is 85.6 cm³/mol. The van der Waals surface area contributed by atoms with Gasteiger partial charge in [0, 0.05) is 12.3 Å². The Balaban J connectivity index is 1.69. The molecular weight excluding hydrogens is 282 g/mol. The molecule has 21 heavy (non-hydrogen) atoms. The van der Waals surface area contributed by atoms with Gasteiger partial charge in [0.15, 0.2) is 5.82 Å². The van der Waals surface area contributed by atoms with Crippen molar-refractivity contribution < 1.29 is 0 Å². The second-order valence-electron chi connectivity index (χ2n) is 6.12. The smallest absolute Gasteiger partial charge is 0.234 e. The lowest BCUT2D eigenvalue weighted by Gasteiger charge is -2.11. The number of nitrogens with zero attached hydrogens (tertiary/aromatic N) is 4. The molecule has 0 spiro atoms. The van der Waals surface area contributed by atoms with Crippen molar-refractivity contribution in [2.45, 2.75) is 64.2 Å². The molecule has 1 saturated carbocycles.